The summed E-state index contributed by atoms with van der Waals surface area (Å²) in [7, 11) is -6.24. The largest absolute Gasteiger partial charge is 0.382 e. The fourth-order valence-corrected chi connectivity index (χ4v) is 2.55. The lowest BCUT2D eigenvalue weighted by Gasteiger charge is -2.21. The Labute approximate surface area is 79.0 Å². The van der Waals surface area contributed by atoms with Gasteiger partial charge in [0.2, 0.25) is 11.7 Å². The minimum atomic E-state index is -6.24. The topological polar surface area (TPSA) is 34.1 Å². The van der Waals surface area contributed by atoms with Crippen molar-refractivity contribution in [1.82, 2.24) is 0 Å². The molecule has 1 saturated heterocycles. The molecule has 0 radical (unpaired) electrons. The molecule has 90 valence electrons. The van der Waals surface area contributed by atoms with Crippen LogP contribution >= 0.6 is 0 Å². The van der Waals surface area contributed by atoms with Crippen LogP contribution in [0, 0.1) is 0 Å². The van der Waals surface area contributed by atoms with Crippen molar-refractivity contribution in [1.29, 1.82) is 0 Å². The third kappa shape index (κ3) is 1.20. The van der Waals surface area contributed by atoms with Crippen LogP contribution < -0.4 is 0 Å². The molecule has 1 fully saturated rings. The van der Waals surface area contributed by atoms with Crippen LogP contribution in [0.1, 0.15) is 0 Å². The van der Waals surface area contributed by atoms with E-state index in [9.17, 15) is 39.2 Å². The number of alkyl halides is 7. The molecule has 0 saturated carbocycles. The predicted molar refractivity (Wildman–Crippen MR) is 33.5 cm³/mol. The van der Waals surface area contributed by atoms with Crippen molar-refractivity contribution in [3.05, 3.63) is 0 Å². The van der Waals surface area contributed by atoms with Gasteiger partial charge in [-0.25, -0.2) is 30.4 Å². The van der Waals surface area contributed by atoms with E-state index < -0.39 is 38.9 Å². The average Bonchev–Trinajstić information content (AvgIpc) is 2.19. The van der Waals surface area contributed by atoms with Crippen LogP contribution in [-0.4, -0.2) is 37.4 Å². The second-order valence-electron chi connectivity index (χ2n) is 2.91. The molecule has 3 unspecified atom stereocenters. The standard InChI is InChI=1S/C5H3F7O2S/c6-1-4(10,2(7)8)3(9)15(13,14)5(1,11)12/h1-3H. The summed E-state index contributed by atoms with van der Waals surface area (Å²) in [5, 5.41) is -5.49. The minimum Gasteiger partial charge on any atom is -0.236 e. The van der Waals surface area contributed by atoms with E-state index >= 15 is 0 Å². The van der Waals surface area contributed by atoms with Crippen molar-refractivity contribution in [2.75, 3.05) is 0 Å². The van der Waals surface area contributed by atoms with E-state index in [1.807, 2.05) is 0 Å². The second kappa shape index (κ2) is 2.98. The van der Waals surface area contributed by atoms with Gasteiger partial charge >= 0.3 is 5.25 Å². The third-order valence-electron chi connectivity index (χ3n) is 2.02. The summed E-state index contributed by atoms with van der Waals surface area (Å²) >= 11 is 0. The van der Waals surface area contributed by atoms with Crippen molar-refractivity contribution in [3.8, 4) is 0 Å². The van der Waals surface area contributed by atoms with Crippen molar-refractivity contribution >= 4 is 9.84 Å². The van der Waals surface area contributed by atoms with Gasteiger partial charge in [-0.15, -0.1) is 0 Å². The van der Waals surface area contributed by atoms with Gasteiger partial charge in [0, 0.05) is 0 Å². The van der Waals surface area contributed by atoms with Gasteiger partial charge in [0.15, 0.2) is 0 Å². The molecule has 1 rings (SSSR count). The number of halogens is 7. The van der Waals surface area contributed by atoms with Gasteiger partial charge in [-0.05, 0) is 0 Å². The zero-order chi connectivity index (χ0) is 12.2. The van der Waals surface area contributed by atoms with E-state index in [4.69, 9.17) is 0 Å². The van der Waals surface area contributed by atoms with E-state index in [-0.39, 0.29) is 0 Å². The molecule has 15 heavy (non-hydrogen) atoms. The van der Waals surface area contributed by atoms with E-state index in [0.29, 0.717) is 0 Å². The Bertz CT molecular complexity index is 366. The van der Waals surface area contributed by atoms with Gasteiger partial charge in [0.25, 0.3) is 21.9 Å². The molecule has 0 amide bonds. The second-order valence-corrected chi connectivity index (χ2v) is 4.96. The smallest absolute Gasteiger partial charge is 0.236 e. The monoisotopic (exact) mass is 260 g/mol. The maximum absolute atomic E-state index is 12.9. The summed E-state index contributed by atoms with van der Waals surface area (Å²) < 4.78 is 107. The highest BCUT2D eigenvalue weighted by atomic mass is 32.2. The highest BCUT2D eigenvalue weighted by molar-refractivity contribution is 7.93. The summed E-state index contributed by atoms with van der Waals surface area (Å²) in [4.78, 5) is 0. The van der Waals surface area contributed by atoms with Crippen LogP contribution in [-0.2, 0) is 9.84 Å². The van der Waals surface area contributed by atoms with Gasteiger partial charge in [-0.2, -0.15) is 8.78 Å². The Hall–Kier alpha value is -0.540. The maximum Gasteiger partial charge on any atom is 0.382 e. The molecule has 1 heterocycles. The zero-order valence-electron chi connectivity index (χ0n) is 6.60. The molecule has 10 heteroatoms. The summed E-state index contributed by atoms with van der Waals surface area (Å²) in [6, 6.07) is 0. The Balaban J connectivity index is 3.42. The Morgan fingerprint density at radius 3 is 1.60 bits per heavy atom. The molecule has 0 aromatic rings. The molecule has 3 atom stereocenters. The predicted octanol–water partition coefficient (Wildman–Crippen LogP) is 1.61. The molecular formula is C5H3F7O2S. The first kappa shape index (κ1) is 12.5. The van der Waals surface area contributed by atoms with Crippen molar-refractivity contribution < 1.29 is 39.2 Å². The molecule has 1 aliphatic heterocycles. The van der Waals surface area contributed by atoms with E-state index in [1.165, 1.54) is 0 Å². The van der Waals surface area contributed by atoms with Crippen molar-refractivity contribution in [2.24, 2.45) is 0 Å². The van der Waals surface area contributed by atoms with E-state index in [0.717, 1.165) is 0 Å². The quantitative estimate of drug-likeness (QED) is 0.671. The SMILES string of the molecule is O=S1(=O)C(F)C(F)(C(F)F)C(F)C1(F)F. The fraction of sp³-hybridized carbons (Fsp3) is 1.00. The first-order valence-electron chi connectivity index (χ1n) is 3.37. The Morgan fingerprint density at radius 2 is 1.47 bits per heavy atom. The fourth-order valence-electron chi connectivity index (χ4n) is 1.10. The number of sulfone groups is 1. The molecule has 1 aliphatic rings. The van der Waals surface area contributed by atoms with Crippen molar-refractivity contribution in [2.45, 2.75) is 29.0 Å². The number of hydrogen-bond donors (Lipinski definition) is 0. The maximum atomic E-state index is 12.9. The highest BCUT2D eigenvalue weighted by Gasteiger charge is 2.81. The summed E-state index contributed by atoms with van der Waals surface area (Å²) in [6.07, 6.45) is -8.93. The molecule has 0 aromatic heterocycles. The number of hydrogen-bond acceptors (Lipinski definition) is 2. The highest BCUT2D eigenvalue weighted by Crippen LogP contribution is 2.52. The van der Waals surface area contributed by atoms with Gasteiger partial charge in [0.05, 0.1) is 0 Å². The van der Waals surface area contributed by atoms with E-state index in [2.05, 4.69) is 0 Å². The molecular weight excluding hydrogens is 257 g/mol. The first-order chi connectivity index (χ1) is 6.50. The van der Waals surface area contributed by atoms with Crippen LogP contribution in [0.3, 0.4) is 0 Å². The van der Waals surface area contributed by atoms with E-state index in [1.54, 1.807) is 0 Å². The van der Waals surface area contributed by atoms with Crippen LogP contribution in [0.15, 0.2) is 0 Å². The summed E-state index contributed by atoms with van der Waals surface area (Å²) in [5.74, 6) is 0. The first-order valence-corrected chi connectivity index (χ1v) is 4.91. The zero-order valence-corrected chi connectivity index (χ0v) is 7.42. The van der Waals surface area contributed by atoms with Crippen LogP contribution in [0.25, 0.3) is 0 Å². The normalized spacial score (nSPS) is 43.5. The Morgan fingerprint density at radius 1 is 1.07 bits per heavy atom. The molecule has 0 aromatic carbocycles. The van der Waals surface area contributed by atoms with Gasteiger partial charge in [-0.1, -0.05) is 0 Å². The summed E-state index contributed by atoms with van der Waals surface area (Å²) in [6.45, 7) is 0. The van der Waals surface area contributed by atoms with Gasteiger partial charge < -0.3 is 0 Å². The minimum absolute atomic E-state index is 4.28. The van der Waals surface area contributed by atoms with Crippen LogP contribution in [0.2, 0.25) is 0 Å². The van der Waals surface area contributed by atoms with Gasteiger partial charge in [0.1, 0.15) is 0 Å². The Kier molecular flexibility index (Phi) is 2.49. The lowest BCUT2D eigenvalue weighted by molar-refractivity contribution is -0.136. The molecule has 0 N–H and O–H groups in total. The molecule has 0 spiro atoms. The molecule has 0 bridgehead atoms. The summed E-state index contributed by atoms with van der Waals surface area (Å²) in [5.41, 5.74) is -9.31. The van der Waals surface area contributed by atoms with Crippen LogP contribution in [0.5, 0.6) is 0 Å². The lowest BCUT2D eigenvalue weighted by Crippen LogP contribution is -2.48. The number of rotatable bonds is 1. The average molecular weight is 260 g/mol. The third-order valence-corrected chi connectivity index (χ3v) is 3.89. The van der Waals surface area contributed by atoms with Gasteiger partial charge in [-0.3, -0.25) is 0 Å². The van der Waals surface area contributed by atoms with Crippen LogP contribution in [0.4, 0.5) is 30.7 Å². The molecule has 0 aliphatic carbocycles. The lowest BCUT2D eigenvalue weighted by atomic mass is 10.0. The van der Waals surface area contributed by atoms with Crippen molar-refractivity contribution in [3.63, 3.8) is 0 Å². The molecule has 2 nitrogen and oxygen atoms in total.